The van der Waals surface area contributed by atoms with Crippen LogP contribution in [0.2, 0.25) is 5.02 Å². The highest BCUT2D eigenvalue weighted by Gasteiger charge is 2.23. The van der Waals surface area contributed by atoms with Gasteiger partial charge in [0.2, 0.25) is 0 Å². The Morgan fingerprint density at radius 3 is 2.50 bits per heavy atom. The van der Waals surface area contributed by atoms with Crippen molar-refractivity contribution in [1.29, 1.82) is 0 Å². The normalized spacial score (nSPS) is 22.6. The van der Waals surface area contributed by atoms with Crippen LogP contribution in [0.15, 0.2) is 12.1 Å². The van der Waals surface area contributed by atoms with Gasteiger partial charge in [-0.05, 0) is 49.3 Å². The van der Waals surface area contributed by atoms with Gasteiger partial charge < -0.3 is 15.2 Å². The molecule has 1 aliphatic rings. The Morgan fingerprint density at radius 2 is 1.95 bits per heavy atom. The van der Waals surface area contributed by atoms with Crippen molar-refractivity contribution in [3.63, 3.8) is 0 Å². The molecule has 0 heterocycles. The number of methoxy groups -OCH3 is 1. The van der Waals surface area contributed by atoms with Crippen LogP contribution in [-0.4, -0.2) is 13.2 Å². The lowest BCUT2D eigenvalue weighted by Gasteiger charge is -2.29. The third-order valence-corrected chi connectivity index (χ3v) is 4.46. The van der Waals surface area contributed by atoms with Crippen molar-refractivity contribution < 1.29 is 9.47 Å². The van der Waals surface area contributed by atoms with Gasteiger partial charge in [-0.15, -0.1) is 0 Å². The molecule has 0 aliphatic heterocycles. The van der Waals surface area contributed by atoms with E-state index in [9.17, 15) is 0 Å². The molecule has 0 saturated heterocycles. The molecule has 3 nitrogen and oxygen atoms in total. The summed E-state index contributed by atoms with van der Waals surface area (Å²) in [4.78, 5) is 0. The maximum atomic E-state index is 6.31. The lowest BCUT2D eigenvalue weighted by atomic mass is 9.86. The maximum Gasteiger partial charge on any atom is 0.180 e. The minimum absolute atomic E-state index is 0.243. The molecule has 112 valence electrons. The lowest BCUT2D eigenvalue weighted by Crippen LogP contribution is -2.24. The highest BCUT2D eigenvalue weighted by atomic mass is 35.5. The molecule has 0 bridgehead atoms. The number of ether oxygens (including phenoxy) is 2. The highest BCUT2D eigenvalue weighted by Crippen LogP contribution is 2.39. The van der Waals surface area contributed by atoms with Gasteiger partial charge >= 0.3 is 0 Å². The predicted octanol–water partition coefficient (Wildman–Crippen LogP) is 4.15. The minimum Gasteiger partial charge on any atom is -0.493 e. The molecule has 1 aliphatic carbocycles. The molecule has 0 unspecified atom stereocenters. The topological polar surface area (TPSA) is 44.5 Å². The van der Waals surface area contributed by atoms with Gasteiger partial charge in [-0.25, -0.2) is 0 Å². The van der Waals surface area contributed by atoms with Crippen molar-refractivity contribution in [2.75, 3.05) is 7.11 Å². The zero-order valence-corrected chi connectivity index (χ0v) is 13.1. The summed E-state index contributed by atoms with van der Waals surface area (Å²) in [6.45, 7) is 2.70. The van der Waals surface area contributed by atoms with Crippen LogP contribution in [0.4, 0.5) is 0 Å². The van der Waals surface area contributed by atoms with Gasteiger partial charge in [0, 0.05) is 6.54 Å². The largest absolute Gasteiger partial charge is 0.493 e. The van der Waals surface area contributed by atoms with Gasteiger partial charge in [-0.1, -0.05) is 24.9 Å². The quantitative estimate of drug-likeness (QED) is 0.888. The monoisotopic (exact) mass is 297 g/mol. The van der Waals surface area contributed by atoms with Crippen LogP contribution in [0.25, 0.3) is 0 Å². The summed E-state index contributed by atoms with van der Waals surface area (Å²) in [7, 11) is 1.63. The van der Waals surface area contributed by atoms with Gasteiger partial charge in [-0.2, -0.15) is 0 Å². The van der Waals surface area contributed by atoms with Crippen molar-refractivity contribution in [3.05, 3.63) is 22.7 Å². The molecule has 2 N–H and O–H groups in total. The smallest absolute Gasteiger partial charge is 0.180 e. The van der Waals surface area contributed by atoms with Crippen molar-refractivity contribution >= 4 is 11.6 Å². The van der Waals surface area contributed by atoms with Gasteiger partial charge in [0.15, 0.2) is 11.5 Å². The summed E-state index contributed by atoms with van der Waals surface area (Å²) in [5.74, 6) is 2.19. The van der Waals surface area contributed by atoms with Crippen molar-refractivity contribution in [2.45, 2.75) is 51.7 Å². The van der Waals surface area contributed by atoms with E-state index < -0.39 is 0 Å². The molecular formula is C16H24ClNO2. The van der Waals surface area contributed by atoms with Crippen LogP contribution in [-0.2, 0) is 6.54 Å². The molecule has 0 spiro atoms. The van der Waals surface area contributed by atoms with Crippen LogP contribution in [0.1, 0.15) is 44.6 Å². The molecule has 0 amide bonds. The van der Waals surface area contributed by atoms with Crippen LogP contribution in [0.5, 0.6) is 11.5 Å². The second kappa shape index (κ2) is 7.19. The third kappa shape index (κ3) is 3.58. The number of hydrogen-bond acceptors (Lipinski definition) is 3. The van der Waals surface area contributed by atoms with E-state index in [2.05, 4.69) is 6.92 Å². The molecule has 1 fully saturated rings. The summed E-state index contributed by atoms with van der Waals surface area (Å²) >= 11 is 6.31. The fourth-order valence-electron chi connectivity index (χ4n) is 2.83. The van der Waals surface area contributed by atoms with E-state index >= 15 is 0 Å². The number of nitrogens with two attached hydrogens (primary N) is 1. The molecular weight excluding hydrogens is 274 g/mol. The fourth-order valence-corrected chi connectivity index (χ4v) is 3.11. The van der Waals surface area contributed by atoms with Crippen molar-refractivity contribution in [2.24, 2.45) is 11.7 Å². The summed E-state index contributed by atoms with van der Waals surface area (Å²) in [6, 6.07) is 3.76. The summed E-state index contributed by atoms with van der Waals surface area (Å²) in [5, 5.41) is 0.586. The van der Waals surface area contributed by atoms with Gasteiger partial charge in [0.1, 0.15) is 0 Å². The molecule has 4 heteroatoms. The first-order chi connectivity index (χ1) is 9.67. The molecule has 0 radical (unpaired) electrons. The average Bonchev–Trinajstić information content (AvgIpc) is 2.49. The first-order valence-electron chi connectivity index (χ1n) is 7.41. The van der Waals surface area contributed by atoms with Crippen molar-refractivity contribution in [1.82, 2.24) is 0 Å². The Hall–Kier alpha value is -0.930. The van der Waals surface area contributed by atoms with Crippen LogP contribution >= 0.6 is 11.6 Å². The molecule has 1 aromatic carbocycles. The molecule has 20 heavy (non-hydrogen) atoms. The Bertz CT molecular complexity index is 442. The number of rotatable bonds is 5. The molecule has 0 atom stereocenters. The molecule has 1 saturated carbocycles. The van der Waals surface area contributed by atoms with Crippen molar-refractivity contribution in [3.8, 4) is 11.5 Å². The molecule has 0 aromatic heterocycles. The van der Waals surface area contributed by atoms with Gasteiger partial charge in [0.25, 0.3) is 0 Å². The molecule has 2 rings (SSSR count). The number of benzene rings is 1. The average molecular weight is 298 g/mol. The van der Waals surface area contributed by atoms with Gasteiger partial charge in [-0.3, -0.25) is 0 Å². The Balaban J connectivity index is 2.09. The Morgan fingerprint density at radius 1 is 1.25 bits per heavy atom. The number of hydrogen-bond donors (Lipinski definition) is 1. The number of halogens is 1. The Kier molecular flexibility index (Phi) is 5.55. The van der Waals surface area contributed by atoms with Crippen LogP contribution in [0.3, 0.4) is 0 Å². The highest BCUT2D eigenvalue weighted by molar-refractivity contribution is 6.32. The van der Waals surface area contributed by atoms with Gasteiger partial charge in [0.05, 0.1) is 18.2 Å². The SMILES string of the molecule is CCC1CCC(Oc2c(Cl)cc(CN)cc2OC)CC1. The van der Waals surface area contributed by atoms with E-state index in [-0.39, 0.29) is 6.10 Å². The third-order valence-electron chi connectivity index (χ3n) is 4.18. The van der Waals surface area contributed by atoms with E-state index in [1.54, 1.807) is 7.11 Å². The second-order valence-corrected chi connectivity index (χ2v) is 5.89. The van der Waals surface area contributed by atoms with Crippen LogP contribution in [0, 0.1) is 5.92 Å². The summed E-state index contributed by atoms with van der Waals surface area (Å²) in [6.07, 6.45) is 6.17. The first kappa shape index (κ1) is 15.5. The summed E-state index contributed by atoms with van der Waals surface area (Å²) < 4.78 is 11.5. The molecule has 1 aromatic rings. The van der Waals surface area contributed by atoms with Crippen LogP contribution < -0.4 is 15.2 Å². The fraction of sp³-hybridized carbons (Fsp3) is 0.625. The van der Waals surface area contributed by atoms with E-state index in [0.717, 1.165) is 24.3 Å². The first-order valence-corrected chi connectivity index (χ1v) is 7.78. The van der Waals surface area contributed by atoms with E-state index in [1.807, 2.05) is 12.1 Å². The maximum absolute atomic E-state index is 6.31. The summed E-state index contributed by atoms with van der Waals surface area (Å²) in [5.41, 5.74) is 6.60. The van der Waals surface area contributed by atoms with E-state index in [1.165, 1.54) is 19.3 Å². The standard InChI is InChI=1S/C16H24ClNO2/c1-3-11-4-6-13(7-5-11)20-16-14(17)8-12(10-18)9-15(16)19-2/h8-9,11,13H,3-7,10,18H2,1-2H3. The minimum atomic E-state index is 0.243. The second-order valence-electron chi connectivity index (χ2n) is 5.48. The Labute approximate surface area is 126 Å². The predicted molar refractivity (Wildman–Crippen MR) is 82.6 cm³/mol. The zero-order chi connectivity index (χ0) is 14.5. The van der Waals surface area contributed by atoms with E-state index in [4.69, 9.17) is 26.8 Å². The lowest BCUT2D eigenvalue weighted by molar-refractivity contribution is 0.126. The van der Waals surface area contributed by atoms with E-state index in [0.29, 0.717) is 23.1 Å². The zero-order valence-electron chi connectivity index (χ0n) is 12.3.